The van der Waals surface area contributed by atoms with E-state index in [1.807, 2.05) is 12.1 Å². The molecule has 1 aromatic rings. The van der Waals surface area contributed by atoms with Crippen LogP contribution < -0.4 is 5.32 Å². The van der Waals surface area contributed by atoms with E-state index < -0.39 is 0 Å². The molecular formula is C10H14BrClN2. The van der Waals surface area contributed by atoms with Crippen molar-refractivity contribution in [3.63, 3.8) is 0 Å². The summed E-state index contributed by atoms with van der Waals surface area (Å²) in [7, 11) is 0. The molecule has 0 aliphatic carbocycles. The summed E-state index contributed by atoms with van der Waals surface area (Å²) in [5.41, 5.74) is 0.974. The van der Waals surface area contributed by atoms with Crippen LogP contribution in [-0.2, 0) is 6.54 Å². The van der Waals surface area contributed by atoms with Gasteiger partial charge in [-0.2, -0.15) is 0 Å². The van der Waals surface area contributed by atoms with Crippen LogP contribution in [0.1, 0.15) is 19.5 Å². The van der Waals surface area contributed by atoms with Crippen LogP contribution in [0.2, 0.25) is 0 Å². The van der Waals surface area contributed by atoms with Crippen LogP contribution in [0, 0.1) is 0 Å². The molecule has 0 saturated heterocycles. The predicted molar refractivity (Wildman–Crippen MR) is 63.6 cm³/mol. The smallest absolute Gasteiger partial charge is 0.0542 e. The van der Waals surface area contributed by atoms with Crippen LogP contribution in [0.4, 0.5) is 0 Å². The number of hydrogen-bond acceptors (Lipinski definition) is 2. The summed E-state index contributed by atoms with van der Waals surface area (Å²) in [5.74, 6) is 0.587. The summed E-state index contributed by atoms with van der Waals surface area (Å²) in [5, 5.41) is 3.33. The van der Waals surface area contributed by atoms with E-state index in [0.717, 1.165) is 16.7 Å². The Labute approximate surface area is 98.2 Å². The molecule has 78 valence electrons. The Hall–Kier alpha value is -0.120. The molecule has 0 atom stereocenters. The number of pyridine rings is 1. The molecule has 0 fully saturated rings. The van der Waals surface area contributed by atoms with E-state index in [2.05, 4.69) is 40.1 Å². The number of hydrogen-bond donors (Lipinski definition) is 1. The zero-order valence-corrected chi connectivity index (χ0v) is 10.7. The minimum atomic E-state index is -0.0453. The third kappa shape index (κ3) is 3.95. The predicted octanol–water partition coefficient (Wildman–Crippen LogP) is 2.95. The highest BCUT2D eigenvalue weighted by Gasteiger charge is 2.14. The third-order valence-corrected chi connectivity index (χ3v) is 3.01. The van der Waals surface area contributed by atoms with Gasteiger partial charge in [0, 0.05) is 28.6 Å². The van der Waals surface area contributed by atoms with Crippen LogP contribution in [0.25, 0.3) is 0 Å². The molecule has 1 heterocycles. The molecule has 2 nitrogen and oxygen atoms in total. The summed E-state index contributed by atoms with van der Waals surface area (Å²) in [4.78, 5) is 4.26. The molecule has 0 bridgehead atoms. The molecule has 1 aromatic heterocycles. The van der Waals surface area contributed by atoms with Gasteiger partial charge in [-0.3, -0.25) is 4.98 Å². The molecule has 1 N–H and O–H groups in total. The highest BCUT2D eigenvalue weighted by atomic mass is 79.9. The summed E-state index contributed by atoms with van der Waals surface area (Å²) in [6, 6.07) is 3.97. The fraction of sp³-hybridized carbons (Fsp3) is 0.500. The first-order valence-corrected chi connectivity index (χ1v) is 5.78. The molecule has 14 heavy (non-hydrogen) atoms. The van der Waals surface area contributed by atoms with Gasteiger partial charge in [0.15, 0.2) is 0 Å². The van der Waals surface area contributed by atoms with Crippen LogP contribution in [0.5, 0.6) is 0 Å². The number of alkyl halides is 1. The molecule has 4 heteroatoms. The Morgan fingerprint density at radius 3 is 2.71 bits per heavy atom. The van der Waals surface area contributed by atoms with Crippen molar-refractivity contribution in [2.24, 2.45) is 0 Å². The van der Waals surface area contributed by atoms with Crippen LogP contribution in [-0.4, -0.2) is 16.4 Å². The average Bonchev–Trinajstić information content (AvgIpc) is 2.17. The van der Waals surface area contributed by atoms with Crippen molar-refractivity contribution in [3.05, 3.63) is 28.5 Å². The largest absolute Gasteiger partial charge is 0.305 e. The van der Waals surface area contributed by atoms with E-state index in [1.165, 1.54) is 0 Å². The maximum Gasteiger partial charge on any atom is 0.0542 e. The van der Waals surface area contributed by atoms with Gasteiger partial charge in [0.05, 0.1) is 5.69 Å². The Balaban J connectivity index is 2.50. The maximum absolute atomic E-state index is 5.79. The van der Waals surface area contributed by atoms with Gasteiger partial charge < -0.3 is 5.32 Å². The molecule has 0 amide bonds. The fourth-order valence-electron chi connectivity index (χ4n) is 0.888. The number of nitrogens with one attached hydrogen (secondary N) is 1. The molecule has 0 unspecified atom stereocenters. The van der Waals surface area contributed by atoms with Crippen molar-refractivity contribution in [2.45, 2.75) is 25.9 Å². The van der Waals surface area contributed by atoms with Gasteiger partial charge in [-0.1, -0.05) is 0 Å². The Morgan fingerprint density at radius 2 is 2.21 bits per heavy atom. The summed E-state index contributed by atoms with van der Waals surface area (Å²) in [6.45, 7) is 4.88. The first-order valence-electron chi connectivity index (χ1n) is 4.45. The lowest BCUT2D eigenvalue weighted by atomic mass is 10.1. The van der Waals surface area contributed by atoms with Crippen molar-refractivity contribution in [1.29, 1.82) is 0 Å². The fourth-order valence-corrected chi connectivity index (χ4v) is 1.22. The highest BCUT2D eigenvalue weighted by molar-refractivity contribution is 9.10. The topological polar surface area (TPSA) is 24.9 Å². The first kappa shape index (κ1) is 12.0. The molecular weight excluding hydrogens is 263 g/mol. The molecule has 0 aromatic carbocycles. The molecule has 0 radical (unpaired) electrons. The Bertz CT molecular complexity index is 285. The number of rotatable bonds is 4. The molecule has 1 rings (SSSR count). The van der Waals surface area contributed by atoms with Gasteiger partial charge in [0.2, 0.25) is 0 Å². The lowest BCUT2D eigenvalue weighted by molar-refractivity contribution is 0.426. The standard InChI is InChI=1S/C10H14BrClN2/c1-10(2,7-12)14-6-9-4-3-8(11)5-13-9/h3-5,14H,6-7H2,1-2H3. The quantitative estimate of drug-likeness (QED) is 0.856. The lowest BCUT2D eigenvalue weighted by Crippen LogP contribution is -2.40. The minimum Gasteiger partial charge on any atom is -0.305 e. The third-order valence-electron chi connectivity index (χ3n) is 1.87. The second kappa shape index (κ2) is 5.10. The maximum atomic E-state index is 5.79. The van der Waals surface area contributed by atoms with Gasteiger partial charge in [-0.15, -0.1) is 11.6 Å². The lowest BCUT2D eigenvalue weighted by Gasteiger charge is -2.22. The Morgan fingerprint density at radius 1 is 1.50 bits per heavy atom. The van der Waals surface area contributed by atoms with Crippen molar-refractivity contribution in [2.75, 3.05) is 5.88 Å². The van der Waals surface area contributed by atoms with Gasteiger partial charge in [-0.25, -0.2) is 0 Å². The van der Waals surface area contributed by atoms with Gasteiger partial charge >= 0.3 is 0 Å². The van der Waals surface area contributed by atoms with Crippen LogP contribution >= 0.6 is 27.5 Å². The SMILES string of the molecule is CC(C)(CCl)NCc1ccc(Br)cn1. The minimum absolute atomic E-state index is 0.0453. The van der Waals surface area contributed by atoms with Crippen molar-refractivity contribution >= 4 is 27.5 Å². The van der Waals surface area contributed by atoms with Crippen LogP contribution in [0.3, 0.4) is 0 Å². The first-order chi connectivity index (χ1) is 6.53. The number of nitrogens with zero attached hydrogens (tertiary/aromatic N) is 1. The van der Waals surface area contributed by atoms with Crippen LogP contribution in [0.15, 0.2) is 22.8 Å². The van der Waals surface area contributed by atoms with E-state index in [4.69, 9.17) is 11.6 Å². The van der Waals surface area contributed by atoms with E-state index >= 15 is 0 Å². The molecule has 0 aliphatic heterocycles. The van der Waals surface area contributed by atoms with E-state index in [1.54, 1.807) is 6.20 Å². The van der Waals surface area contributed by atoms with Crippen molar-refractivity contribution in [3.8, 4) is 0 Å². The monoisotopic (exact) mass is 276 g/mol. The molecule has 0 aliphatic rings. The van der Waals surface area contributed by atoms with Crippen molar-refractivity contribution < 1.29 is 0 Å². The van der Waals surface area contributed by atoms with E-state index in [0.29, 0.717) is 5.88 Å². The molecule has 0 saturated carbocycles. The van der Waals surface area contributed by atoms with Gasteiger partial charge in [0.1, 0.15) is 0 Å². The second-order valence-electron chi connectivity index (χ2n) is 3.84. The van der Waals surface area contributed by atoms with Crippen molar-refractivity contribution in [1.82, 2.24) is 10.3 Å². The zero-order valence-electron chi connectivity index (χ0n) is 8.35. The number of aromatic nitrogens is 1. The van der Waals surface area contributed by atoms with E-state index in [-0.39, 0.29) is 5.54 Å². The van der Waals surface area contributed by atoms with E-state index in [9.17, 15) is 0 Å². The Kier molecular flexibility index (Phi) is 4.35. The number of halogens is 2. The van der Waals surface area contributed by atoms with Gasteiger partial charge in [-0.05, 0) is 41.9 Å². The average molecular weight is 278 g/mol. The summed E-state index contributed by atoms with van der Waals surface area (Å²) < 4.78 is 0.998. The highest BCUT2D eigenvalue weighted by Crippen LogP contribution is 2.09. The second-order valence-corrected chi connectivity index (χ2v) is 5.02. The summed E-state index contributed by atoms with van der Waals surface area (Å²) in [6.07, 6.45) is 1.80. The zero-order chi connectivity index (χ0) is 10.6. The summed E-state index contributed by atoms with van der Waals surface area (Å²) >= 11 is 9.14. The normalized spacial score (nSPS) is 11.7. The molecule has 0 spiro atoms. The van der Waals surface area contributed by atoms with Gasteiger partial charge in [0.25, 0.3) is 0 Å².